The molecular formula is C18H22N4O. The van der Waals surface area contributed by atoms with E-state index in [1.165, 1.54) is 11.3 Å². The van der Waals surface area contributed by atoms with Crippen molar-refractivity contribution < 1.29 is 5.11 Å². The number of aliphatic hydroxyl groups is 1. The van der Waals surface area contributed by atoms with Gasteiger partial charge in [-0.15, -0.1) is 0 Å². The summed E-state index contributed by atoms with van der Waals surface area (Å²) in [5.74, 6) is 2.41. The zero-order chi connectivity index (χ0) is 15.8. The zero-order valence-electron chi connectivity index (χ0n) is 13.4. The number of aliphatic hydroxyl groups excluding tert-OH is 1. The Balaban J connectivity index is 1.66. The van der Waals surface area contributed by atoms with Gasteiger partial charge in [-0.3, -0.25) is 4.98 Å². The van der Waals surface area contributed by atoms with Gasteiger partial charge in [0.25, 0.3) is 0 Å². The summed E-state index contributed by atoms with van der Waals surface area (Å²) in [4.78, 5) is 16.1. The highest BCUT2D eigenvalue weighted by molar-refractivity contribution is 5.60. The first-order chi connectivity index (χ1) is 11.2. The zero-order valence-corrected chi connectivity index (χ0v) is 13.4. The summed E-state index contributed by atoms with van der Waals surface area (Å²) >= 11 is 0. The molecule has 2 aliphatic rings. The van der Waals surface area contributed by atoms with Gasteiger partial charge in [0.1, 0.15) is 5.82 Å². The number of aromatic nitrogens is 3. The lowest BCUT2D eigenvalue weighted by atomic mass is 9.82. The summed E-state index contributed by atoms with van der Waals surface area (Å²) in [7, 11) is 2.11. The lowest BCUT2D eigenvalue weighted by Crippen LogP contribution is -2.37. The number of hydrogen-bond acceptors (Lipinski definition) is 5. The highest BCUT2D eigenvalue weighted by Gasteiger charge is 2.30. The third-order valence-electron chi connectivity index (χ3n) is 4.94. The first-order valence-corrected chi connectivity index (χ1v) is 8.40. The van der Waals surface area contributed by atoms with Gasteiger partial charge in [-0.2, -0.15) is 0 Å². The van der Waals surface area contributed by atoms with Crippen molar-refractivity contribution in [3.8, 4) is 11.4 Å². The molecule has 2 heterocycles. The molecule has 0 bridgehead atoms. The van der Waals surface area contributed by atoms with Gasteiger partial charge in [0.15, 0.2) is 5.82 Å². The Labute approximate surface area is 136 Å². The maximum absolute atomic E-state index is 9.50. The number of anilines is 1. The molecule has 120 valence electrons. The number of hydrogen-bond donors (Lipinski definition) is 1. The standard InChI is InChI=1S/C18H22N4O/c1-22(11-12-8-14(23)9-12)18-15-5-2-6-16(15)20-17(21-18)13-4-3-7-19-10-13/h3-4,7,10,12,14,23H,2,5-6,8-9,11H2,1H3. The molecular weight excluding hydrogens is 288 g/mol. The minimum Gasteiger partial charge on any atom is -0.393 e. The average molecular weight is 310 g/mol. The van der Waals surface area contributed by atoms with Crippen LogP contribution in [0.2, 0.25) is 0 Å². The van der Waals surface area contributed by atoms with E-state index in [4.69, 9.17) is 9.97 Å². The van der Waals surface area contributed by atoms with E-state index in [1.54, 1.807) is 6.20 Å². The van der Waals surface area contributed by atoms with Crippen LogP contribution in [-0.4, -0.2) is 39.8 Å². The predicted octanol–water partition coefficient (Wildman–Crippen LogP) is 2.23. The third kappa shape index (κ3) is 2.81. The van der Waals surface area contributed by atoms with E-state index in [2.05, 4.69) is 16.9 Å². The van der Waals surface area contributed by atoms with E-state index < -0.39 is 0 Å². The molecule has 23 heavy (non-hydrogen) atoms. The molecule has 0 atom stereocenters. The molecule has 0 spiro atoms. The highest BCUT2D eigenvalue weighted by atomic mass is 16.3. The van der Waals surface area contributed by atoms with E-state index in [0.717, 1.165) is 55.9 Å². The normalized spacial score (nSPS) is 22.5. The number of fused-ring (bicyclic) bond motifs is 1. The molecule has 1 saturated carbocycles. The topological polar surface area (TPSA) is 62.1 Å². The molecule has 5 nitrogen and oxygen atoms in total. The summed E-state index contributed by atoms with van der Waals surface area (Å²) in [5.41, 5.74) is 3.46. The van der Waals surface area contributed by atoms with Crippen molar-refractivity contribution in [2.75, 3.05) is 18.5 Å². The molecule has 2 aromatic rings. The molecule has 0 amide bonds. The minimum absolute atomic E-state index is 0.101. The smallest absolute Gasteiger partial charge is 0.163 e. The van der Waals surface area contributed by atoms with E-state index in [0.29, 0.717) is 5.92 Å². The minimum atomic E-state index is -0.101. The predicted molar refractivity (Wildman–Crippen MR) is 89.3 cm³/mol. The molecule has 0 unspecified atom stereocenters. The second-order valence-corrected chi connectivity index (χ2v) is 6.76. The Bertz CT molecular complexity index is 698. The van der Waals surface area contributed by atoms with Gasteiger partial charge in [-0.05, 0) is 50.2 Å². The molecule has 0 aromatic carbocycles. The molecule has 0 radical (unpaired) electrons. The summed E-state index contributed by atoms with van der Waals surface area (Å²) in [6.45, 7) is 0.951. The molecule has 2 aromatic heterocycles. The molecule has 2 aliphatic carbocycles. The van der Waals surface area contributed by atoms with Crippen LogP contribution in [-0.2, 0) is 12.8 Å². The van der Waals surface area contributed by atoms with Crippen LogP contribution in [0.25, 0.3) is 11.4 Å². The molecule has 1 N–H and O–H groups in total. The summed E-state index contributed by atoms with van der Waals surface area (Å²) in [6.07, 6.45) is 8.57. The highest BCUT2D eigenvalue weighted by Crippen LogP contribution is 2.33. The summed E-state index contributed by atoms with van der Waals surface area (Å²) < 4.78 is 0. The molecule has 4 rings (SSSR count). The Morgan fingerprint density at radius 1 is 1.26 bits per heavy atom. The number of pyridine rings is 1. The lowest BCUT2D eigenvalue weighted by molar-refractivity contribution is 0.0464. The van der Waals surface area contributed by atoms with Crippen molar-refractivity contribution in [3.63, 3.8) is 0 Å². The van der Waals surface area contributed by atoms with E-state index >= 15 is 0 Å². The van der Waals surface area contributed by atoms with E-state index in [1.807, 2.05) is 18.3 Å². The van der Waals surface area contributed by atoms with E-state index in [-0.39, 0.29) is 6.10 Å². The van der Waals surface area contributed by atoms with Gasteiger partial charge in [0.2, 0.25) is 0 Å². The Morgan fingerprint density at radius 2 is 2.13 bits per heavy atom. The van der Waals surface area contributed by atoms with Gasteiger partial charge >= 0.3 is 0 Å². The van der Waals surface area contributed by atoms with Crippen LogP contribution in [0.5, 0.6) is 0 Å². The first kappa shape index (κ1) is 14.6. The van der Waals surface area contributed by atoms with Crippen LogP contribution in [0.1, 0.15) is 30.5 Å². The van der Waals surface area contributed by atoms with Crippen molar-refractivity contribution in [2.45, 2.75) is 38.2 Å². The quantitative estimate of drug-likeness (QED) is 0.938. The Morgan fingerprint density at radius 3 is 2.87 bits per heavy atom. The van der Waals surface area contributed by atoms with Gasteiger partial charge in [-0.1, -0.05) is 0 Å². The van der Waals surface area contributed by atoms with Crippen LogP contribution in [0.4, 0.5) is 5.82 Å². The first-order valence-electron chi connectivity index (χ1n) is 8.40. The van der Waals surface area contributed by atoms with Gasteiger partial charge in [-0.25, -0.2) is 9.97 Å². The van der Waals surface area contributed by atoms with Crippen LogP contribution < -0.4 is 4.90 Å². The summed E-state index contributed by atoms with van der Waals surface area (Å²) in [6, 6.07) is 3.93. The average Bonchev–Trinajstić information content (AvgIpc) is 3.01. The van der Waals surface area contributed by atoms with Crippen LogP contribution in [0, 0.1) is 5.92 Å². The maximum Gasteiger partial charge on any atom is 0.163 e. The van der Waals surface area contributed by atoms with Crippen LogP contribution in [0.15, 0.2) is 24.5 Å². The van der Waals surface area contributed by atoms with Crippen molar-refractivity contribution in [1.82, 2.24) is 15.0 Å². The molecule has 0 aliphatic heterocycles. The fourth-order valence-corrected chi connectivity index (χ4v) is 3.68. The fourth-order valence-electron chi connectivity index (χ4n) is 3.68. The number of rotatable bonds is 4. The van der Waals surface area contributed by atoms with Crippen LogP contribution in [0.3, 0.4) is 0 Å². The second-order valence-electron chi connectivity index (χ2n) is 6.76. The van der Waals surface area contributed by atoms with Gasteiger partial charge in [0.05, 0.1) is 6.10 Å². The fraction of sp³-hybridized carbons (Fsp3) is 0.500. The van der Waals surface area contributed by atoms with Crippen LogP contribution >= 0.6 is 0 Å². The van der Waals surface area contributed by atoms with Gasteiger partial charge in [0, 0.05) is 42.8 Å². The molecule has 1 fully saturated rings. The molecule has 0 saturated heterocycles. The Kier molecular flexibility index (Phi) is 3.73. The van der Waals surface area contributed by atoms with Crippen molar-refractivity contribution in [2.24, 2.45) is 5.92 Å². The SMILES string of the molecule is CN(CC1CC(O)C1)c1nc(-c2cccnc2)nc2c1CCC2. The monoisotopic (exact) mass is 310 g/mol. The number of nitrogens with zero attached hydrogens (tertiary/aromatic N) is 4. The third-order valence-corrected chi connectivity index (χ3v) is 4.94. The molecule has 5 heteroatoms. The lowest BCUT2D eigenvalue weighted by Gasteiger charge is -2.35. The largest absolute Gasteiger partial charge is 0.393 e. The maximum atomic E-state index is 9.50. The number of aryl methyl sites for hydroxylation is 1. The Hall–Kier alpha value is -2.01. The summed E-state index contributed by atoms with van der Waals surface area (Å²) in [5, 5.41) is 9.50. The van der Waals surface area contributed by atoms with Gasteiger partial charge < -0.3 is 10.0 Å². The van der Waals surface area contributed by atoms with Crippen molar-refractivity contribution >= 4 is 5.82 Å². The van der Waals surface area contributed by atoms with Crippen molar-refractivity contribution in [1.29, 1.82) is 0 Å². The second kappa shape index (κ2) is 5.89. The van der Waals surface area contributed by atoms with Crippen molar-refractivity contribution in [3.05, 3.63) is 35.8 Å². The van der Waals surface area contributed by atoms with E-state index in [9.17, 15) is 5.11 Å².